The molecule has 0 fully saturated rings. The van der Waals surface area contributed by atoms with Gasteiger partial charge >= 0.3 is 0 Å². The Morgan fingerprint density at radius 1 is 0.124 bits per heavy atom. The third kappa shape index (κ3) is 23.5. The number of hydrogen-bond donors (Lipinski definition) is 25. The Bertz CT molecular complexity index is 8080. The lowest BCUT2D eigenvalue weighted by Crippen LogP contribution is -2.01. The first-order valence-electron chi connectivity index (χ1n) is 45.8. The van der Waals surface area contributed by atoms with Crippen LogP contribution in [0.15, 0.2) is 334 Å². The minimum absolute atomic E-state index is 0.0158. The zero-order valence-corrected chi connectivity index (χ0v) is 77.5. The van der Waals surface area contributed by atoms with Gasteiger partial charge in [-0.25, -0.2) is 0 Å². The van der Waals surface area contributed by atoms with Crippen molar-refractivity contribution in [2.75, 3.05) is 0 Å². The molecule has 0 heterocycles. The highest BCUT2D eigenvalue weighted by molar-refractivity contribution is 6.00. The summed E-state index contributed by atoms with van der Waals surface area (Å²) in [4.78, 5) is 0. The summed E-state index contributed by atoms with van der Waals surface area (Å²) in [6.07, 6.45) is 4.13. The Labute approximate surface area is 829 Å². The fraction of sp³-hybridized carbons (Fsp3) is 0.0833. The fourth-order valence-corrected chi connectivity index (χ4v) is 17.7. The standard InChI is InChI=1S/C31H26O6.3C24H20O5.C17H14O4/c32-22-8-4-18(5-9-22)12-21-16-26-25(15-20-2-1-3-24(34)13-20)27(14-19-6-10-23(33)11-7-19)30(36)31(37)28(26)17-29(21)35;25-19-5-1-14(2-6-19)9-17-11-16-12-18(10-15-3-7-20(26)8-4-15)23(28)24(29)21(16)13-22(17)27;25-18-5-1-14(2-6-18)9-16-12-23(28)24(29)21-13-22(27)17(11-20(16)21)10-15-3-7-19(26)8-4-15;25-17-5-1-14(2-6-17)11-16-13-22(28)24(29)23-19(16)9-10-21(27)20(23)12-15-3-7-18(26)8-4-15;18-12-3-1-10(2-4-12)7-11-8-16(20)17(21)15-9-13(19)5-6-14(11)15/h1-11,13,16-17,32-37H,12,14-15H2;2*1-8,11-13,25-29H,9-10H2;1-10,13,25-29H,11-12H2;1-6,8-9,18-21H,7H2. The fourth-order valence-electron chi connectivity index (χ4n) is 17.7. The van der Waals surface area contributed by atoms with Gasteiger partial charge in [0.25, 0.3) is 0 Å². The molecule has 25 nitrogen and oxygen atoms in total. The Balaban J connectivity index is 0.000000131. The predicted octanol–water partition coefficient (Wildman–Crippen LogP) is 22.7. The summed E-state index contributed by atoms with van der Waals surface area (Å²) in [5.74, 6) is -0.972. The minimum Gasteiger partial charge on any atom is -0.508 e. The maximum absolute atomic E-state index is 11.1. The topological polar surface area (TPSA) is 506 Å². The van der Waals surface area contributed by atoms with E-state index in [0.717, 1.165) is 94.0 Å². The lowest BCUT2D eigenvalue weighted by molar-refractivity contribution is 0.403. The Morgan fingerprint density at radius 2 is 0.407 bits per heavy atom. The number of rotatable bonds is 20. The zero-order valence-electron chi connectivity index (χ0n) is 77.5. The molecule has 0 aliphatic carbocycles. The van der Waals surface area contributed by atoms with Crippen LogP contribution in [0.25, 0.3) is 53.9 Å². The molecule has 0 radical (unpaired) electrons. The second-order valence-corrected chi connectivity index (χ2v) is 35.5. The van der Waals surface area contributed by atoms with Gasteiger partial charge in [0.1, 0.15) is 86.2 Å². The van der Waals surface area contributed by atoms with Crippen molar-refractivity contribution in [1.82, 2.24) is 0 Å². The summed E-state index contributed by atoms with van der Waals surface area (Å²) in [6, 6.07) is 91.4. The second-order valence-electron chi connectivity index (χ2n) is 35.5. The summed E-state index contributed by atoms with van der Waals surface area (Å²) in [5, 5.41) is 257. The molecule has 0 bridgehead atoms. The van der Waals surface area contributed by atoms with Crippen molar-refractivity contribution in [3.8, 4) is 144 Å². The van der Waals surface area contributed by atoms with Crippen molar-refractivity contribution in [3.63, 3.8) is 0 Å². The van der Waals surface area contributed by atoms with Crippen LogP contribution in [0.3, 0.4) is 0 Å². The molecule has 25 heteroatoms. The minimum atomic E-state index is -0.324. The van der Waals surface area contributed by atoms with Gasteiger partial charge in [0.05, 0.1) is 0 Å². The van der Waals surface area contributed by atoms with Gasteiger partial charge in [0.15, 0.2) is 57.5 Å². The van der Waals surface area contributed by atoms with Crippen molar-refractivity contribution in [2.45, 2.75) is 64.2 Å². The summed E-state index contributed by atoms with van der Waals surface area (Å²) < 4.78 is 0. The van der Waals surface area contributed by atoms with Crippen molar-refractivity contribution in [2.24, 2.45) is 0 Å². The lowest BCUT2D eigenvalue weighted by Gasteiger charge is -2.19. The van der Waals surface area contributed by atoms with E-state index in [2.05, 4.69) is 0 Å². The van der Waals surface area contributed by atoms with Gasteiger partial charge in [-0.15, -0.1) is 0 Å². The summed E-state index contributed by atoms with van der Waals surface area (Å²) in [7, 11) is 0. The van der Waals surface area contributed by atoms with Crippen LogP contribution < -0.4 is 0 Å². The monoisotopic (exact) mass is 1940 g/mol. The molecule has 0 saturated heterocycles. The molecule has 0 atom stereocenters. The molecule has 145 heavy (non-hydrogen) atoms. The summed E-state index contributed by atoms with van der Waals surface area (Å²) in [6.45, 7) is 0. The zero-order chi connectivity index (χ0) is 103. The molecule has 20 rings (SSSR count). The number of phenols is 25. The highest BCUT2D eigenvalue weighted by Gasteiger charge is 2.26. The molecular formula is C120H100O25. The van der Waals surface area contributed by atoms with Crippen LogP contribution in [-0.4, -0.2) is 128 Å². The molecule has 20 aromatic rings. The quantitative estimate of drug-likeness (QED) is 0.0315. The van der Waals surface area contributed by atoms with Crippen molar-refractivity contribution in [1.29, 1.82) is 0 Å². The van der Waals surface area contributed by atoms with Gasteiger partial charge < -0.3 is 128 Å². The van der Waals surface area contributed by atoms with Crippen LogP contribution in [0, 0.1) is 0 Å². The van der Waals surface area contributed by atoms with Crippen LogP contribution in [0.5, 0.6) is 144 Å². The van der Waals surface area contributed by atoms with E-state index >= 15 is 0 Å². The SMILES string of the molecule is Oc1ccc(Cc2cc(O)c(O)c3c(Cc4ccc(O)cc4)c(O)ccc23)cc1.Oc1ccc(Cc2cc(O)c(O)c3cc(O)ccc23)cc1.Oc1ccc(Cc2cc3c(Cc4ccc(O)cc4)cc(O)c(O)c3cc2O)cc1.Oc1ccc(Cc2cc3c(Cc4cccc(O)c4)c(Cc4ccc(O)cc4)c(O)c(O)c3cc2O)cc1.Oc1ccc(Cc2cc3cc(Cc4ccc(O)cc4)c(O)c(O)c3cc2O)cc1. The predicted molar refractivity (Wildman–Crippen MR) is 554 cm³/mol. The summed E-state index contributed by atoms with van der Waals surface area (Å²) in [5.41, 5.74) is 15.6. The van der Waals surface area contributed by atoms with E-state index in [-0.39, 0.29) is 150 Å². The second kappa shape index (κ2) is 43.0. The number of phenolic OH excluding ortho intramolecular Hbond substituents is 25. The van der Waals surface area contributed by atoms with Crippen LogP contribution in [0.2, 0.25) is 0 Å². The van der Waals surface area contributed by atoms with E-state index < -0.39 is 0 Å². The van der Waals surface area contributed by atoms with E-state index in [1.54, 1.807) is 273 Å². The third-order valence-corrected chi connectivity index (χ3v) is 25.2. The van der Waals surface area contributed by atoms with Gasteiger partial charge in [-0.2, -0.15) is 0 Å². The molecule has 20 aromatic carbocycles. The van der Waals surface area contributed by atoms with Crippen molar-refractivity contribution in [3.05, 3.63) is 445 Å². The molecule has 0 aliphatic heterocycles. The maximum atomic E-state index is 11.1. The van der Waals surface area contributed by atoms with Gasteiger partial charge in [0, 0.05) is 82.1 Å². The Kier molecular flexibility index (Phi) is 29.3. The van der Waals surface area contributed by atoms with E-state index in [0.29, 0.717) is 129 Å². The molecule has 0 aliphatic rings. The average Bonchev–Trinajstić information content (AvgIpc) is 0.772. The molecular weight excluding hydrogens is 1840 g/mol. The van der Waals surface area contributed by atoms with Gasteiger partial charge in [-0.1, -0.05) is 133 Å². The number of fused-ring (bicyclic) bond motifs is 5. The molecule has 0 saturated carbocycles. The number of aromatic hydroxyl groups is 25. The smallest absolute Gasteiger partial charge is 0.165 e. The highest BCUT2D eigenvalue weighted by atomic mass is 16.3. The van der Waals surface area contributed by atoms with Crippen molar-refractivity contribution < 1.29 is 128 Å². The third-order valence-electron chi connectivity index (χ3n) is 25.2. The normalized spacial score (nSPS) is 11.0. The molecule has 0 spiro atoms. The maximum Gasteiger partial charge on any atom is 0.165 e. The van der Waals surface area contributed by atoms with Crippen LogP contribution in [0.1, 0.15) is 111 Å². The molecule has 730 valence electrons. The first-order chi connectivity index (χ1) is 69.5. The van der Waals surface area contributed by atoms with Crippen LogP contribution >= 0.6 is 0 Å². The van der Waals surface area contributed by atoms with Gasteiger partial charge in [-0.05, 0) is 347 Å². The first kappa shape index (κ1) is 98.7. The molecule has 0 unspecified atom stereocenters. The van der Waals surface area contributed by atoms with E-state index in [1.165, 1.54) is 42.5 Å². The van der Waals surface area contributed by atoms with E-state index in [1.807, 2.05) is 18.2 Å². The largest absolute Gasteiger partial charge is 0.508 e. The van der Waals surface area contributed by atoms with E-state index in [9.17, 15) is 128 Å². The average molecular weight is 1940 g/mol. The van der Waals surface area contributed by atoms with Gasteiger partial charge in [0.2, 0.25) is 0 Å². The molecule has 0 amide bonds. The highest BCUT2D eigenvalue weighted by Crippen LogP contribution is 2.49. The Hall–Kier alpha value is -19.3. The molecule has 25 N–H and O–H groups in total. The van der Waals surface area contributed by atoms with Crippen LogP contribution in [-0.2, 0) is 64.2 Å². The first-order valence-corrected chi connectivity index (χ1v) is 45.8. The van der Waals surface area contributed by atoms with Gasteiger partial charge in [-0.3, -0.25) is 0 Å². The lowest BCUT2D eigenvalue weighted by atomic mass is 9.87. The number of hydrogen-bond acceptors (Lipinski definition) is 25. The van der Waals surface area contributed by atoms with E-state index in [4.69, 9.17) is 0 Å². The van der Waals surface area contributed by atoms with Crippen molar-refractivity contribution >= 4 is 53.9 Å². The van der Waals surface area contributed by atoms with Crippen LogP contribution in [0.4, 0.5) is 0 Å². The summed E-state index contributed by atoms with van der Waals surface area (Å²) >= 11 is 0. The molecule has 0 aromatic heterocycles. The Morgan fingerprint density at radius 3 is 0.807 bits per heavy atom. The number of benzene rings is 20.